The Hall–Kier alpha value is -0.820. The van der Waals surface area contributed by atoms with Gasteiger partial charge in [-0.3, -0.25) is 0 Å². The Bertz CT molecular complexity index is 328. The van der Waals surface area contributed by atoms with Crippen LogP contribution in [-0.2, 0) is 0 Å². The lowest BCUT2D eigenvalue weighted by molar-refractivity contribution is 0.352. The van der Waals surface area contributed by atoms with Crippen molar-refractivity contribution in [2.45, 2.75) is 40.7 Å². The van der Waals surface area contributed by atoms with Crippen LogP contribution in [0.2, 0.25) is 0 Å². The van der Waals surface area contributed by atoms with Crippen molar-refractivity contribution >= 4 is 0 Å². The first kappa shape index (κ1) is 12.3. The fraction of sp³-hybridized carbons (Fsp3) is 0.571. The smallest absolute Gasteiger partial charge is 0.0323 e. The molecular formula is C14H23N. The summed E-state index contributed by atoms with van der Waals surface area (Å²) >= 11 is 0. The Morgan fingerprint density at radius 1 is 1.00 bits per heavy atom. The Balaban J connectivity index is 2.91. The molecule has 0 amide bonds. The highest BCUT2D eigenvalue weighted by Gasteiger charge is 2.18. The highest BCUT2D eigenvalue weighted by atomic mass is 14.6. The van der Waals surface area contributed by atoms with E-state index in [1.54, 1.807) is 0 Å². The molecule has 15 heavy (non-hydrogen) atoms. The fourth-order valence-electron chi connectivity index (χ4n) is 1.69. The zero-order chi connectivity index (χ0) is 11.6. The van der Waals surface area contributed by atoms with Gasteiger partial charge >= 0.3 is 0 Å². The van der Waals surface area contributed by atoms with Crippen LogP contribution in [0.5, 0.6) is 0 Å². The lowest BCUT2D eigenvalue weighted by Crippen LogP contribution is -2.23. The van der Waals surface area contributed by atoms with Gasteiger partial charge in [-0.15, -0.1) is 0 Å². The summed E-state index contributed by atoms with van der Waals surface area (Å²) in [7, 11) is 0. The third-order valence-corrected chi connectivity index (χ3v) is 3.53. The van der Waals surface area contributed by atoms with Crippen LogP contribution in [0, 0.1) is 25.7 Å². The molecule has 0 spiro atoms. The van der Waals surface area contributed by atoms with Gasteiger partial charge < -0.3 is 5.73 Å². The second-order valence-electron chi connectivity index (χ2n) is 4.97. The van der Waals surface area contributed by atoms with Gasteiger partial charge in [-0.2, -0.15) is 0 Å². The Labute approximate surface area is 93.7 Å². The van der Waals surface area contributed by atoms with Crippen molar-refractivity contribution < 1.29 is 0 Å². The van der Waals surface area contributed by atoms with Crippen molar-refractivity contribution in [2.75, 3.05) is 0 Å². The SMILES string of the molecule is Cc1ccc(C(N)C(C)C(C)C)cc1C. The van der Waals surface area contributed by atoms with Gasteiger partial charge in [0, 0.05) is 6.04 Å². The van der Waals surface area contributed by atoms with Crippen molar-refractivity contribution in [3.05, 3.63) is 34.9 Å². The first-order valence-electron chi connectivity index (χ1n) is 5.76. The molecule has 0 radical (unpaired) electrons. The number of rotatable bonds is 3. The minimum Gasteiger partial charge on any atom is -0.324 e. The van der Waals surface area contributed by atoms with Gasteiger partial charge in [-0.25, -0.2) is 0 Å². The molecule has 0 saturated heterocycles. The number of hydrogen-bond acceptors (Lipinski definition) is 1. The zero-order valence-electron chi connectivity index (χ0n) is 10.5. The van der Waals surface area contributed by atoms with E-state index in [1.165, 1.54) is 16.7 Å². The van der Waals surface area contributed by atoms with Gasteiger partial charge in [0.15, 0.2) is 0 Å². The van der Waals surface area contributed by atoms with Gasteiger partial charge in [0.2, 0.25) is 0 Å². The molecule has 1 aromatic rings. The maximum atomic E-state index is 6.26. The second kappa shape index (κ2) is 4.80. The standard InChI is InChI=1S/C14H23N/c1-9(2)12(5)14(15)13-7-6-10(3)11(4)8-13/h6-9,12,14H,15H2,1-5H3. The van der Waals surface area contributed by atoms with Crippen molar-refractivity contribution in [3.63, 3.8) is 0 Å². The Kier molecular flexibility index (Phi) is 3.92. The van der Waals surface area contributed by atoms with Crippen LogP contribution in [0.4, 0.5) is 0 Å². The third kappa shape index (κ3) is 2.82. The highest BCUT2D eigenvalue weighted by molar-refractivity contribution is 5.31. The molecule has 0 heterocycles. The number of benzene rings is 1. The molecule has 1 heteroatoms. The second-order valence-corrected chi connectivity index (χ2v) is 4.97. The summed E-state index contributed by atoms with van der Waals surface area (Å²) in [6.45, 7) is 11.0. The molecule has 1 rings (SSSR count). The average molecular weight is 205 g/mol. The minimum atomic E-state index is 0.157. The molecule has 2 unspecified atom stereocenters. The van der Waals surface area contributed by atoms with E-state index in [9.17, 15) is 0 Å². The van der Waals surface area contributed by atoms with Crippen LogP contribution in [0.1, 0.15) is 43.5 Å². The van der Waals surface area contributed by atoms with Crippen molar-refractivity contribution in [2.24, 2.45) is 17.6 Å². The summed E-state index contributed by atoms with van der Waals surface area (Å²) in [5.74, 6) is 1.15. The summed E-state index contributed by atoms with van der Waals surface area (Å²) in [4.78, 5) is 0. The molecule has 0 saturated carbocycles. The van der Waals surface area contributed by atoms with E-state index in [-0.39, 0.29) is 6.04 Å². The van der Waals surface area contributed by atoms with Crippen LogP contribution in [0.3, 0.4) is 0 Å². The van der Waals surface area contributed by atoms with Crippen LogP contribution in [0.25, 0.3) is 0 Å². The molecule has 0 aliphatic rings. The van der Waals surface area contributed by atoms with Gasteiger partial charge in [0.1, 0.15) is 0 Å². The van der Waals surface area contributed by atoms with E-state index in [1.807, 2.05) is 0 Å². The van der Waals surface area contributed by atoms with Gasteiger partial charge in [-0.1, -0.05) is 39.0 Å². The molecule has 2 N–H and O–H groups in total. The fourth-order valence-corrected chi connectivity index (χ4v) is 1.69. The maximum Gasteiger partial charge on any atom is 0.0323 e. The summed E-state index contributed by atoms with van der Waals surface area (Å²) in [5, 5.41) is 0. The molecule has 0 aromatic heterocycles. The van der Waals surface area contributed by atoms with Crippen LogP contribution in [0.15, 0.2) is 18.2 Å². The maximum absolute atomic E-state index is 6.26. The first-order valence-corrected chi connectivity index (χ1v) is 5.76. The van der Waals surface area contributed by atoms with E-state index >= 15 is 0 Å². The molecule has 0 fully saturated rings. The Morgan fingerprint density at radius 2 is 1.60 bits per heavy atom. The van der Waals surface area contributed by atoms with Crippen molar-refractivity contribution in [1.29, 1.82) is 0 Å². The van der Waals surface area contributed by atoms with E-state index in [0.717, 1.165) is 0 Å². The predicted molar refractivity (Wildman–Crippen MR) is 66.8 cm³/mol. The molecule has 0 aliphatic heterocycles. The molecule has 2 atom stereocenters. The largest absolute Gasteiger partial charge is 0.324 e. The predicted octanol–water partition coefficient (Wildman–Crippen LogP) is 3.60. The van der Waals surface area contributed by atoms with Gasteiger partial charge in [0.25, 0.3) is 0 Å². The Morgan fingerprint density at radius 3 is 2.07 bits per heavy atom. The summed E-state index contributed by atoms with van der Waals surface area (Å²) in [5.41, 5.74) is 10.2. The molecule has 1 aromatic carbocycles. The molecule has 84 valence electrons. The topological polar surface area (TPSA) is 26.0 Å². The molecule has 1 nitrogen and oxygen atoms in total. The van der Waals surface area contributed by atoms with Crippen LogP contribution >= 0.6 is 0 Å². The van der Waals surface area contributed by atoms with Gasteiger partial charge in [0.05, 0.1) is 0 Å². The third-order valence-electron chi connectivity index (χ3n) is 3.53. The lowest BCUT2D eigenvalue weighted by Gasteiger charge is -2.24. The van der Waals surface area contributed by atoms with Crippen LogP contribution < -0.4 is 5.73 Å². The zero-order valence-corrected chi connectivity index (χ0v) is 10.5. The molecule has 0 aliphatic carbocycles. The normalized spacial score (nSPS) is 15.4. The first-order chi connectivity index (χ1) is 6.93. The van der Waals surface area contributed by atoms with Crippen molar-refractivity contribution in [1.82, 2.24) is 0 Å². The average Bonchev–Trinajstić information content (AvgIpc) is 2.19. The number of hydrogen-bond donors (Lipinski definition) is 1. The van der Waals surface area contributed by atoms with E-state index in [4.69, 9.17) is 5.73 Å². The quantitative estimate of drug-likeness (QED) is 0.801. The minimum absolute atomic E-state index is 0.157. The number of aryl methyl sites for hydroxylation is 2. The monoisotopic (exact) mass is 205 g/mol. The summed E-state index contributed by atoms with van der Waals surface area (Å²) in [6.07, 6.45) is 0. The van der Waals surface area contributed by atoms with E-state index in [2.05, 4.69) is 52.8 Å². The van der Waals surface area contributed by atoms with Crippen molar-refractivity contribution in [3.8, 4) is 0 Å². The van der Waals surface area contributed by atoms with Crippen LogP contribution in [-0.4, -0.2) is 0 Å². The number of nitrogens with two attached hydrogens (primary N) is 1. The highest BCUT2D eigenvalue weighted by Crippen LogP contribution is 2.26. The summed E-state index contributed by atoms with van der Waals surface area (Å²) < 4.78 is 0. The van der Waals surface area contributed by atoms with Gasteiger partial charge in [-0.05, 0) is 42.4 Å². The van der Waals surface area contributed by atoms with E-state index < -0.39 is 0 Å². The molecule has 0 bridgehead atoms. The lowest BCUT2D eigenvalue weighted by atomic mass is 9.86. The van der Waals surface area contributed by atoms with E-state index in [0.29, 0.717) is 11.8 Å². The molecular weight excluding hydrogens is 182 g/mol. The summed E-state index contributed by atoms with van der Waals surface area (Å²) in [6, 6.07) is 6.70.